The van der Waals surface area contributed by atoms with Gasteiger partial charge in [0.15, 0.2) is 5.65 Å². The molecule has 1 saturated heterocycles. The fourth-order valence-corrected chi connectivity index (χ4v) is 2.64. The van der Waals surface area contributed by atoms with Crippen LogP contribution in [-0.4, -0.2) is 45.7 Å². The molecule has 1 N–H and O–H groups in total. The smallest absolute Gasteiger partial charge is 0.157 e. The van der Waals surface area contributed by atoms with Crippen molar-refractivity contribution >= 4 is 11.5 Å². The molecular weight excluding hydrogens is 226 g/mol. The Kier molecular flexibility index (Phi) is 2.91. The van der Waals surface area contributed by atoms with Crippen molar-refractivity contribution in [3.63, 3.8) is 0 Å². The molecule has 1 aliphatic rings. The lowest BCUT2D eigenvalue weighted by Gasteiger charge is -2.20. The molecule has 0 aromatic carbocycles. The number of aryl methyl sites for hydroxylation is 1. The van der Waals surface area contributed by atoms with E-state index in [0.717, 1.165) is 18.0 Å². The minimum Gasteiger partial charge on any atom is -0.368 e. The largest absolute Gasteiger partial charge is 0.368 e. The van der Waals surface area contributed by atoms with Crippen LogP contribution < -0.4 is 5.32 Å². The highest BCUT2D eigenvalue weighted by Gasteiger charge is 2.20. The molecule has 3 heterocycles. The maximum absolute atomic E-state index is 4.25. The number of nitrogens with one attached hydrogen (secondary N) is 1. The van der Waals surface area contributed by atoms with Crippen molar-refractivity contribution in [1.29, 1.82) is 0 Å². The summed E-state index contributed by atoms with van der Waals surface area (Å²) >= 11 is 0. The number of rotatable bonds is 3. The summed E-state index contributed by atoms with van der Waals surface area (Å²) in [7, 11) is 2.20. The topological polar surface area (TPSA) is 45.5 Å². The minimum atomic E-state index is 0.629. The van der Waals surface area contributed by atoms with Crippen molar-refractivity contribution < 1.29 is 0 Å². The molecule has 2 aromatic rings. The average molecular weight is 245 g/mol. The molecule has 1 fully saturated rings. The number of likely N-dealkylation sites (N-methyl/N-ethyl adjacent to an activating group) is 1. The van der Waals surface area contributed by atoms with Crippen molar-refractivity contribution in [2.24, 2.45) is 0 Å². The van der Waals surface area contributed by atoms with Crippen LogP contribution in [0.5, 0.6) is 0 Å². The van der Waals surface area contributed by atoms with Crippen molar-refractivity contribution in [3.05, 3.63) is 24.0 Å². The van der Waals surface area contributed by atoms with E-state index in [1.807, 2.05) is 10.6 Å². The normalized spacial score (nSPS) is 20.7. The van der Waals surface area contributed by atoms with Gasteiger partial charge >= 0.3 is 0 Å². The molecule has 5 nitrogen and oxygen atoms in total. The van der Waals surface area contributed by atoms with E-state index in [1.165, 1.54) is 24.9 Å². The van der Waals surface area contributed by atoms with Gasteiger partial charge in [-0.05, 0) is 51.1 Å². The summed E-state index contributed by atoms with van der Waals surface area (Å²) in [5.74, 6) is 1.03. The van der Waals surface area contributed by atoms with E-state index in [1.54, 1.807) is 6.33 Å². The Labute approximate surface area is 107 Å². The summed E-state index contributed by atoms with van der Waals surface area (Å²) < 4.78 is 1.86. The fourth-order valence-electron chi connectivity index (χ4n) is 2.64. The second-order valence-corrected chi connectivity index (χ2v) is 5.11. The average Bonchev–Trinajstić information content (AvgIpc) is 2.94. The molecule has 5 heteroatoms. The highest BCUT2D eigenvalue weighted by Crippen LogP contribution is 2.17. The van der Waals surface area contributed by atoms with Crippen LogP contribution >= 0.6 is 0 Å². The van der Waals surface area contributed by atoms with Gasteiger partial charge in [-0.1, -0.05) is 0 Å². The van der Waals surface area contributed by atoms with Crippen molar-refractivity contribution in [2.45, 2.75) is 25.8 Å². The van der Waals surface area contributed by atoms with Gasteiger partial charge in [-0.2, -0.15) is 9.61 Å². The Bertz CT molecular complexity index is 547. The lowest BCUT2D eigenvalue weighted by atomic mass is 10.2. The van der Waals surface area contributed by atoms with E-state index in [9.17, 15) is 0 Å². The monoisotopic (exact) mass is 245 g/mol. The molecule has 1 unspecified atom stereocenters. The number of hydrogen-bond acceptors (Lipinski definition) is 4. The Hall–Kier alpha value is -1.62. The number of nitrogens with zero attached hydrogens (tertiary/aromatic N) is 4. The van der Waals surface area contributed by atoms with Gasteiger partial charge in [-0.25, -0.2) is 4.98 Å². The Morgan fingerprint density at radius 1 is 1.44 bits per heavy atom. The van der Waals surface area contributed by atoms with Crippen LogP contribution in [0.3, 0.4) is 0 Å². The van der Waals surface area contributed by atoms with E-state index in [2.05, 4.69) is 40.3 Å². The van der Waals surface area contributed by atoms with Gasteiger partial charge in [0.1, 0.15) is 12.1 Å². The summed E-state index contributed by atoms with van der Waals surface area (Å²) in [6.07, 6.45) is 4.17. The zero-order chi connectivity index (χ0) is 12.5. The third-order valence-corrected chi connectivity index (χ3v) is 3.71. The molecule has 96 valence electrons. The van der Waals surface area contributed by atoms with Gasteiger partial charge in [0, 0.05) is 12.6 Å². The minimum absolute atomic E-state index is 0.629. The molecule has 3 rings (SSSR count). The van der Waals surface area contributed by atoms with E-state index >= 15 is 0 Å². The predicted octanol–water partition coefficient (Wildman–Crippen LogP) is 1.54. The molecular formula is C13H19N5. The van der Waals surface area contributed by atoms with Gasteiger partial charge in [0.2, 0.25) is 0 Å². The van der Waals surface area contributed by atoms with Crippen LogP contribution in [0.1, 0.15) is 18.4 Å². The highest BCUT2D eigenvalue weighted by molar-refractivity contribution is 5.51. The highest BCUT2D eigenvalue weighted by atomic mass is 15.3. The summed E-state index contributed by atoms with van der Waals surface area (Å²) in [5, 5.41) is 7.76. The molecule has 0 bridgehead atoms. The number of anilines is 1. The summed E-state index contributed by atoms with van der Waals surface area (Å²) in [6, 6.07) is 4.79. The van der Waals surface area contributed by atoms with E-state index in [-0.39, 0.29) is 0 Å². The van der Waals surface area contributed by atoms with Crippen LogP contribution in [0.2, 0.25) is 0 Å². The first-order valence-corrected chi connectivity index (χ1v) is 6.48. The van der Waals surface area contributed by atoms with Gasteiger partial charge < -0.3 is 10.2 Å². The maximum atomic E-state index is 4.25. The lowest BCUT2D eigenvalue weighted by Crippen LogP contribution is -2.32. The first kappa shape index (κ1) is 11.5. The number of aromatic nitrogens is 3. The van der Waals surface area contributed by atoms with Crippen LogP contribution in [-0.2, 0) is 0 Å². The third kappa shape index (κ3) is 2.06. The molecule has 18 heavy (non-hydrogen) atoms. The molecule has 0 aliphatic carbocycles. The van der Waals surface area contributed by atoms with Gasteiger partial charge in [-0.15, -0.1) is 0 Å². The maximum Gasteiger partial charge on any atom is 0.157 e. The zero-order valence-corrected chi connectivity index (χ0v) is 10.9. The van der Waals surface area contributed by atoms with Crippen LogP contribution in [0.25, 0.3) is 5.65 Å². The van der Waals surface area contributed by atoms with E-state index in [0.29, 0.717) is 6.04 Å². The fraction of sp³-hybridized carbons (Fsp3) is 0.538. The lowest BCUT2D eigenvalue weighted by molar-refractivity contribution is 0.322. The molecule has 0 spiro atoms. The van der Waals surface area contributed by atoms with Crippen molar-refractivity contribution in [1.82, 2.24) is 19.5 Å². The van der Waals surface area contributed by atoms with E-state index < -0.39 is 0 Å². The predicted molar refractivity (Wildman–Crippen MR) is 71.9 cm³/mol. The van der Waals surface area contributed by atoms with Crippen LogP contribution in [0.4, 0.5) is 5.82 Å². The number of pyridine rings is 1. The Morgan fingerprint density at radius 2 is 2.33 bits per heavy atom. The van der Waals surface area contributed by atoms with Gasteiger partial charge in [-0.3, -0.25) is 0 Å². The van der Waals surface area contributed by atoms with Gasteiger partial charge in [0.25, 0.3) is 0 Å². The molecule has 2 aromatic heterocycles. The number of likely N-dealkylation sites (tertiary alicyclic amines) is 1. The SMILES string of the molecule is Cc1cc(NCC2CCCN2C)n2ncnc2c1. The first-order valence-electron chi connectivity index (χ1n) is 6.48. The Balaban J connectivity index is 1.79. The van der Waals surface area contributed by atoms with Crippen molar-refractivity contribution in [2.75, 3.05) is 25.5 Å². The second kappa shape index (κ2) is 4.57. The van der Waals surface area contributed by atoms with E-state index in [4.69, 9.17) is 0 Å². The van der Waals surface area contributed by atoms with Crippen molar-refractivity contribution in [3.8, 4) is 0 Å². The summed E-state index contributed by atoms with van der Waals surface area (Å²) in [4.78, 5) is 6.65. The quantitative estimate of drug-likeness (QED) is 0.891. The first-order chi connectivity index (χ1) is 8.74. The molecule has 0 amide bonds. The molecule has 1 atom stereocenters. The molecule has 0 saturated carbocycles. The van der Waals surface area contributed by atoms with Crippen LogP contribution in [0, 0.1) is 6.92 Å². The summed E-state index contributed by atoms with van der Waals surface area (Å²) in [6.45, 7) is 4.26. The molecule has 0 radical (unpaired) electrons. The number of fused-ring (bicyclic) bond motifs is 1. The third-order valence-electron chi connectivity index (χ3n) is 3.71. The zero-order valence-electron chi connectivity index (χ0n) is 10.9. The van der Waals surface area contributed by atoms with Gasteiger partial charge in [0.05, 0.1) is 0 Å². The standard InChI is InChI=1S/C13H19N5/c1-10-6-12(18-13(7-10)15-9-16-18)14-8-11-4-3-5-17(11)2/h6-7,9,11,14H,3-5,8H2,1-2H3. The summed E-state index contributed by atoms with van der Waals surface area (Å²) in [5.41, 5.74) is 2.11. The molecule has 1 aliphatic heterocycles. The Morgan fingerprint density at radius 3 is 3.11 bits per heavy atom. The number of hydrogen-bond donors (Lipinski definition) is 1. The second-order valence-electron chi connectivity index (χ2n) is 5.11. The van der Waals surface area contributed by atoms with Crippen LogP contribution in [0.15, 0.2) is 18.5 Å².